The van der Waals surface area contributed by atoms with E-state index in [0.717, 1.165) is 22.4 Å². The summed E-state index contributed by atoms with van der Waals surface area (Å²) in [7, 11) is 0. The number of nitrogens with zero attached hydrogens (tertiary/aromatic N) is 1. The van der Waals surface area contributed by atoms with Gasteiger partial charge in [-0.2, -0.15) is 11.3 Å². The number of carbonyl (C=O) groups is 1. The van der Waals surface area contributed by atoms with E-state index in [-0.39, 0.29) is 11.9 Å². The Morgan fingerprint density at radius 1 is 1.11 bits per heavy atom. The van der Waals surface area contributed by atoms with Crippen molar-refractivity contribution in [2.75, 3.05) is 0 Å². The summed E-state index contributed by atoms with van der Waals surface area (Å²) in [5, 5.41) is 11.9. The Labute approximate surface area is 166 Å². The molecule has 1 aliphatic rings. The highest BCUT2D eigenvalue weighted by Crippen LogP contribution is 2.26. The second-order valence-corrected chi connectivity index (χ2v) is 7.47. The van der Waals surface area contributed by atoms with Crippen molar-refractivity contribution in [3.8, 4) is 0 Å². The average Bonchev–Trinajstić information content (AvgIpc) is 3.40. The lowest BCUT2D eigenvalue weighted by atomic mass is 10.00. The quantitative estimate of drug-likeness (QED) is 0.673. The summed E-state index contributed by atoms with van der Waals surface area (Å²) in [6, 6.07) is 19.0. The molecule has 0 bridgehead atoms. The number of amides is 1. The SMILES string of the molecule is O=C(NC(c1ccc(Cl)cc1)c1ccsc1)C1CC(c2ccccc2)=NO1. The maximum absolute atomic E-state index is 12.8. The smallest absolute Gasteiger partial charge is 0.265 e. The van der Waals surface area contributed by atoms with Gasteiger partial charge in [-0.05, 0) is 45.6 Å². The molecule has 0 aliphatic carbocycles. The topological polar surface area (TPSA) is 50.7 Å². The van der Waals surface area contributed by atoms with Crippen LogP contribution < -0.4 is 5.32 Å². The molecule has 0 spiro atoms. The zero-order valence-electron chi connectivity index (χ0n) is 14.3. The van der Waals surface area contributed by atoms with E-state index in [2.05, 4.69) is 10.5 Å². The van der Waals surface area contributed by atoms with Gasteiger partial charge in [0.2, 0.25) is 6.10 Å². The van der Waals surface area contributed by atoms with Crippen molar-refractivity contribution in [3.63, 3.8) is 0 Å². The van der Waals surface area contributed by atoms with Crippen LogP contribution in [0.1, 0.15) is 29.2 Å². The molecule has 2 atom stereocenters. The van der Waals surface area contributed by atoms with Crippen LogP contribution in [0.3, 0.4) is 0 Å². The lowest BCUT2D eigenvalue weighted by Gasteiger charge is -2.20. The van der Waals surface area contributed by atoms with Gasteiger partial charge in [0.05, 0.1) is 11.8 Å². The molecule has 27 heavy (non-hydrogen) atoms. The van der Waals surface area contributed by atoms with Crippen LogP contribution in [0.15, 0.2) is 76.6 Å². The van der Waals surface area contributed by atoms with Crippen molar-refractivity contribution < 1.29 is 9.63 Å². The van der Waals surface area contributed by atoms with Gasteiger partial charge in [-0.15, -0.1) is 0 Å². The minimum absolute atomic E-state index is 0.184. The monoisotopic (exact) mass is 396 g/mol. The third-order valence-corrected chi connectivity index (χ3v) is 5.39. The molecule has 2 unspecified atom stereocenters. The highest BCUT2D eigenvalue weighted by atomic mass is 35.5. The van der Waals surface area contributed by atoms with Gasteiger partial charge in [0, 0.05) is 11.4 Å². The fourth-order valence-corrected chi connectivity index (χ4v) is 3.82. The molecule has 1 amide bonds. The van der Waals surface area contributed by atoms with Gasteiger partial charge in [0.15, 0.2) is 0 Å². The number of oxime groups is 1. The normalized spacial score (nSPS) is 17.1. The summed E-state index contributed by atoms with van der Waals surface area (Å²) in [5.74, 6) is -0.184. The Morgan fingerprint density at radius 2 is 1.89 bits per heavy atom. The zero-order valence-corrected chi connectivity index (χ0v) is 15.9. The molecule has 6 heteroatoms. The van der Waals surface area contributed by atoms with Crippen molar-refractivity contribution in [1.29, 1.82) is 0 Å². The zero-order chi connectivity index (χ0) is 18.6. The molecule has 1 N–H and O–H groups in total. The van der Waals surface area contributed by atoms with Crippen LogP contribution >= 0.6 is 22.9 Å². The van der Waals surface area contributed by atoms with Gasteiger partial charge in [0.25, 0.3) is 5.91 Å². The number of thiophene rings is 1. The van der Waals surface area contributed by atoms with E-state index in [1.807, 2.05) is 71.4 Å². The second-order valence-electron chi connectivity index (χ2n) is 6.25. The molecule has 2 heterocycles. The number of hydrogen-bond donors (Lipinski definition) is 1. The molecule has 0 saturated carbocycles. The third-order valence-electron chi connectivity index (χ3n) is 4.43. The highest BCUT2D eigenvalue weighted by molar-refractivity contribution is 7.08. The Bertz CT molecular complexity index is 940. The van der Waals surface area contributed by atoms with E-state index in [1.165, 1.54) is 0 Å². The van der Waals surface area contributed by atoms with Crippen LogP contribution in [0.2, 0.25) is 5.02 Å². The molecule has 3 aromatic rings. The molecule has 2 aromatic carbocycles. The predicted molar refractivity (Wildman–Crippen MR) is 108 cm³/mol. The molecule has 0 radical (unpaired) electrons. The Balaban J connectivity index is 1.49. The van der Waals surface area contributed by atoms with Crippen molar-refractivity contribution >= 4 is 34.6 Å². The minimum atomic E-state index is -0.631. The first-order valence-electron chi connectivity index (χ1n) is 8.57. The van der Waals surface area contributed by atoms with Crippen LogP contribution in [0.4, 0.5) is 0 Å². The number of halogens is 1. The van der Waals surface area contributed by atoms with Gasteiger partial charge < -0.3 is 10.2 Å². The number of rotatable bonds is 5. The predicted octanol–water partition coefficient (Wildman–Crippen LogP) is 4.80. The molecular weight excluding hydrogens is 380 g/mol. The molecule has 1 aromatic heterocycles. The number of carbonyl (C=O) groups excluding carboxylic acids is 1. The molecule has 4 rings (SSSR count). The summed E-state index contributed by atoms with van der Waals surface area (Å²) in [4.78, 5) is 18.2. The summed E-state index contributed by atoms with van der Waals surface area (Å²) in [6.07, 6.45) is -0.180. The maximum Gasteiger partial charge on any atom is 0.265 e. The number of benzene rings is 2. The van der Waals surface area contributed by atoms with E-state index >= 15 is 0 Å². The van der Waals surface area contributed by atoms with Crippen molar-refractivity contribution in [2.45, 2.75) is 18.6 Å². The fraction of sp³-hybridized carbons (Fsp3) is 0.143. The molecule has 136 valence electrons. The third kappa shape index (κ3) is 4.04. The van der Waals surface area contributed by atoms with Crippen LogP contribution in [0, 0.1) is 0 Å². The lowest BCUT2D eigenvalue weighted by Crippen LogP contribution is -2.37. The second kappa shape index (κ2) is 7.94. The van der Waals surface area contributed by atoms with Gasteiger partial charge in [-0.25, -0.2) is 0 Å². The molecule has 0 fully saturated rings. The van der Waals surface area contributed by atoms with Crippen LogP contribution in [-0.2, 0) is 9.63 Å². The average molecular weight is 397 g/mol. The molecule has 4 nitrogen and oxygen atoms in total. The van der Waals surface area contributed by atoms with Crippen molar-refractivity contribution in [3.05, 3.63) is 93.1 Å². The first-order chi connectivity index (χ1) is 13.2. The van der Waals surface area contributed by atoms with Crippen LogP contribution in [0.5, 0.6) is 0 Å². The summed E-state index contributed by atoms with van der Waals surface area (Å²) in [6.45, 7) is 0. The van der Waals surface area contributed by atoms with Gasteiger partial charge in [-0.1, -0.05) is 59.2 Å². The number of nitrogens with one attached hydrogen (secondary N) is 1. The molecule has 0 saturated heterocycles. The highest BCUT2D eigenvalue weighted by Gasteiger charge is 2.31. The Hall–Kier alpha value is -2.63. The van der Waals surface area contributed by atoms with Crippen molar-refractivity contribution in [1.82, 2.24) is 5.32 Å². The first kappa shape index (κ1) is 17.8. The van der Waals surface area contributed by atoms with Gasteiger partial charge in [0.1, 0.15) is 0 Å². The Kier molecular flexibility index (Phi) is 5.23. The van der Waals surface area contributed by atoms with E-state index in [0.29, 0.717) is 11.4 Å². The van der Waals surface area contributed by atoms with E-state index in [4.69, 9.17) is 16.4 Å². The summed E-state index contributed by atoms with van der Waals surface area (Å²) in [5.41, 5.74) is 3.75. The maximum atomic E-state index is 12.8. The molecule has 1 aliphatic heterocycles. The van der Waals surface area contributed by atoms with Gasteiger partial charge >= 0.3 is 0 Å². The van der Waals surface area contributed by atoms with E-state index in [9.17, 15) is 4.79 Å². The summed E-state index contributed by atoms with van der Waals surface area (Å²) >= 11 is 7.60. The van der Waals surface area contributed by atoms with E-state index in [1.54, 1.807) is 11.3 Å². The standard InChI is InChI=1S/C21H17ClN2O2S/c22-17-8-6-15(7-9-17)20(16-10-11-27-13-16)23-21(25)19-12-18(24-26-19)14-4-2-1-3-5-14/h1-11,13,19-20H,12H2,(H,23,25). The van der Waals surface area contributed by atoms with Crippen molar-refractivity contribution in [2.24, 2.45) is 5.16 Å². The van der Waals surface area contributed by atoms with E-state index < -0.39 is 6.10 Å². The lowest BCUT2D eigenvalue weighted by molar-refractivity contribution is -0.131. The largest absolute Gasteiger partial charge is 0.382 e. The van der Waals surface area contributed by atoms with Crippen LogP contribution in [-0.4, -0.2) is 17.7 Å². The van der Waals surface area contributed by atoms with Crippen LogP contribution in [0.25, 0.3) is 0 Å². The Morgan fingerprint density at radius 3 is 2.59 bits per heavy atom. The number of hydrogen-bond acceptors (Lipinski definition) is 4. The molecular formula is C21H17ClN2O2S. The first-order valence-corrected chi connectivity index (χ1v) is 9.89. The fourth-order valence-electron chi connectivity index (χ4n) is 3.01. The summed E-state index contributed by atoms with van der Waals surface area (Å²) < 4.78 is 0. The van der Waals surface area contributed by atoms with Gasteiger partial charge in [-0.3, -0.25) is 4.79 Å². The minimum Gasteiger partial charge on any atom is -0.382 e.